The number of carbonyl (C=O) groups is 1. The number of rotatable bonds is 4. The Kier molecular flexibility index (Phi) is 4.11. The van der Waals surface area contributed by atoms with E-state index in [0.717, 1.165) is 45.4 Å². The predicted molar refractivity (Wildman–Crippen MR) is 103 cm³/mol. The first-order valence-corrected chi connectivity index (χ1v) is 8.88. The van der Waals surface area contributed by atoms with Crippen LogP contribution in [0, 0.1) is 5.82 Å². The Balaban J connectivity index is 2.08. The molecule has 0 N–H and O–H groups in total. The first-order chi connectivity index (χ1) is 12.6. The van der Waals surface area contributed by atoms with Crippen LogP contribution in [-0.4, -0.2) is 17.1 Å². The van der Waals surface area contributed by atoms with E-state index in [9.17, 15) is 9.18 Å². The van der Waals surface area contributed by atoms with E-state index in [0.29, 0.717) is 12.2 Å². The summed E-state index contributed by atoms with van der Waals surface area (Å²) in [4.78, 5) is 12.8. The van der Waals surface area contributed by atoms with Gasteiger partial charge in [-0.25, -0.2) is 9.18 Å². The molecule has 3 aromatic carbocycles. The second kappa shape index (κ2) is 6.45. The van der Waals surface area contributed by atoms with E-state index in [2.05, 4.69) is 6.92 Å². The molecule has 132 valence electrons. The number of benzene rings is 3. The number of aryl methyl sites for hydroxylation is 1. The number of esters is 1. The Morgan fingerprint density at radius 1 is 1.12 bits per heavy atom. The van der Waals surface area contributed by atoms with Gasteiger partial charge in [0, 0.05) is 23.3 Å². The summed E-state index contributed by atoms with van der Waals surface area (Å²) in [5, 5.41) is 3.65. The number of nitrogens with zero attached hydrogens (tertiary/aromatic N) is 1. The summed E-state index contributed by atoms with van der Waals surface area (Å²) in [6, 6.07) is 14.5. The predicted octanol–water partition coefficient (Wildman–Crippen LogP) is 5.58. The Bertz CT molecular complexity index is 1140. The van der Waals surface area contributed by atoms with Gasteiger partial charge in [0.2, 0.25) is 0 Å². The van der Waals surface area contributed by atoms with Crippen LogP contribution in [0.15, 0.2) is 48.5 Å². The van der Waals surface area contributed by atoms with E-state index in [1.165, 1.54) is 12.1 Å². The van der Waals surface area contributed by atoms with Gasteiger partial charge in [-0.1, -0.05) is 37.6 Å². The molecule has 1 aromatic heterocycles. The van der Waals surface area contributed by atoms with E-state index in [4.69, 9.17) is 4.74 Å². The largest absolute Gasteiger partial charge is 0.462 e. The van der Waals surface area contributed by atoms with Crippen LogP contribution in [0.5, 0.6) is 0 Å². The molecular formula is C22H20FNO2. The molecule has 0 aliphatic carbocycles. The summed E-state index contributed by atoms with van der Waals surface area (Å²) < 4.78 is 21.4. The zero-order valence-electron chi connectivity index (χ0n) is 14.9. The molecule has 26 heavy (non-hydrogen) atoms. The first-order valence-electron chi connectivity index (χ1n) is 8.88. The maximum atomic E-state index is 13.9. The van der Waals surface area contributed by atoms with Crippen molar-refractivity contribution in [1.82, 2.24) is 4.57 Å². The van der Waals surface area contributed by atoms with E-state index in [1.807, 2.05) is 41.9 Å². The van der Waals surface area contributed by atoms with Gasteiger partial charge in [0.05, 0.1) is 17.7 Å². The van der Waals surface area contributed by atoms with Gasteiger partial charge < -0.3 is 9.30 Å². The molecule has 0 amide bonds. The first kappa shape index (κ1) is 16.6. The van der Waals surface area contributed by atoms with Crippen molar-refractivity contribution in [3.8, 4) is 0 Å². The second-order valence-electron chi connectivity index (χ2n) is 6.58. The highest BCUT2D eigenvalue weighted by molar-refractivity contribution is 6.25. The van der Waals surface area contributed by atoms with Gasteiger partial charge in [-0.05, 0) is 41.5 Å². The van der Waals surface area contributed by atoms with Gasteiger partial charge in [0.15, 0.2) is 0 Å². The fourth-order valence-electron chi connectivity index (χ4n) is 3.62. The Labute approximate surface area is 151 Å². The zero-order valence-corrected chi connectivity index (χ0v) is 14.9. The highest BCUT2D eigenvalue weighted by Crippen LogP contribution is 2.37. The van der Waals surface area contributed by atoms with Gasteiger partial charge in [0.1, 0.15) is 5.82 Å². The third-order valence-corrected chi connectivity index (χ3v) is 4.90. The number of aromatic nitrogens is 1. The molecule has 0 saturated heterocycles. The van der Waals surface area contributed by atoms with Crippen molar-refractivity contribution in [2.24, 2.45) is 7.05 Å². The molecule has 0 aliphatic rings. The minimum Gasteiger partial charge on any atom is -0.462 e. The summed E-state index contributed by atoms with van der Waals surface area (Å²) in [7, 11) is 1.90. The van der Waals surface area contributed by atoms with Crippen molar-refractivity contribution in [1.29, 1.82) is 0 Å². The molecule has 0 bridgehead atoms. The summed E-state index contributed by atoms with van der Waals surface area (Å²) in [5.74, 6) is -0.620. The van der Waals surface area contributed by atoms with Gasteiger partial charge in [0.25, 0.3) is 0 Å². The maximum Gasteiger partial charge on any atom is 0.340 e. The lowest BCUT2D eigenvalue weighted by Gasteiger charge is -2.10. The normalized spacial score (nSPS) is 11.5. The molecule has 0 radical (unpaired) electrons. The third kappa shape index (κ3) is 2.53. The molecule has 0 unspecified atom stereocenters. The van der Waals surface area contributed by atoms with Gasteiger partial charge in [-0.2, -0.15) is 0 Å². The molecule has 4 heteroatoms. The second-order valence-corrected chi connectivity index (χ2v) is 6.58. The van der Waals surface area contributed by atoms with Crippen LogP contribution in [0.25, 0.3) is 32.6 Å². The molecular weight excluding hydrogens is 329 g/mol. The number of carbonyl (C=O) groups excluding carboxylic acids is 1. The summed E-state index contributed by atoms with van der Waals surface area (Å²) in [6.45, 7) is 2.46. The van der Waals surface area contributed by atoms with Crippen molar-refractivity contribution in [3.63, 3.8) is 0 Å². The molecule has 0 fully saturated rings. The number of fused-ring (bicyclic) bond motifs is 5. The number of hydrogen-bond donors (Lipinski definition) is 0. The average molecular weight is 349 g/mol. The van der Waals surface area contributed by atoms with Gasteiger partial charge >= 0.3 is 5.97 Å². The van der Waals surface area contributed by atoms with Crippen molar-refractivity contribution in [2.75, 3.05) is 6.61 Å². The molecule has 4 aromatic rings. The molecule has 3 nitrogen and oxygen atoms in total. The van der Waals surface area contributed by atoms with E-state index < -0.39 is 0 Å². The van der Waals surface area contributed by atoms with Gasteiger partial charge in [-0.15, -0.1) is 0 Å². The van der Waals surface area contributed by atoms with E-state index in [1.54, 1.807) is 6.07 Å². The van der Waals surface area contributed by atoms with Crippen LogP contribution in [0.1, 0.15) is 30.1 Å². The summed E-state index contributed by atoms with van der Waals surface area (Å²) in [5.41, 5.74) is 2.19. The van der Waals surface area contributed by atoms with Crippen LogP contribution < -0.4 is 0 Å². The zero-order chi connectivity index (χ0) is 18.3. The lowest BCUT2D eigenvalue weighted by molar-refractivity contribution is 0.0502. The SMILES string of the molecule is CCCCOC(=O)c1cc2ccccc2c2c3cc(F)ccc3n(C)c12. The molecule has 1 heterocycles. The lowest BCUT2D eigenvalue weighted by atomic mass is 10.00. The Morgan fingerprint density at radius 2 is 1.92 bits per heavy atom. The quantitative estimate of drug-likeness (QED) is 0.356. The third-order valence-electron chi connectivity index (χ3n) is 4.90. The molecule has 0 spiro atoms. The van der Waals surface area contributed by atoms with Crippen LogP contribution in [0.4, 0.5) is 4.39 Å². The summed E-state index contributed by atoms with van der Waals surface area (Å²) >= 11 is 0. The maximum absolute atomic E-state index is 13.9. The number of ether oxygens (including phenoxy) is 1. The molecule has 4 rings (SSSR count). The molecule has 0 aliphatic heterocycles. The van der Waals surface area contributed by atoms with Crippen LogP contribution in [-0.2, 0) is 11.8 Å². The lowest BCUT2D eigenvalue weighted by Crippen LogP contribution is -2.08. The van der Waals surface area contributed by atoms with Crippen molar-refractivity contribution in [2.45, 2.75) is 19.8 Å². The average Bonchev–Trinajstić information content (AvgIpc) is 2.94. The van der Waals surface area contributed by atoms with Crippen LogP contribution in [0.2, 0.25) is 0 Å². The monoisotopic (exact) mass is 349 g/mol. The Morgan fingerprint density at radius 3 is 2.73 bits per heavy atom. The van der Waals surface area contributed by atoms with Crippen LogP contribution >= 0.6 is 0 Å². The topological polar surface area (TPSA) is 31.2 Å². The van der Waals surface area contributed by atoms with E-state index >= 15 is 0 Å². The standard InChI is InChI=1S/C22H20FNO2/c1-3-4-11-26-22(25)18-12-14-7-5-6-8-16(14)20-17-13-15(23)9-10-19(17)24(2)21(18)20/h5-10,12-13H,3-4,11H2,1-2H3. The van der Waals surface area contributed by atoms with Crippen molar-refractivity contribution in [3.05, 3.63) is 59.9 Å². The number of halogens is 1. The number of unbranched alkanes of at least 4 members (excludes halogenated alkanes) is 1. The molecule has 0 atom stereocenters. The fraction of sp³-hybridized carbons (Fsp3) is 0.227. The fourth-order valence-corrected chi connectivity index (χ4v) is 3.62. The smallest absolute Gasteiger partial charge is 0.340 e. The highest BCUT2D eigenvalue weighted by Gasteiger charge is 2.20. The minimum atomic E-state index is -0.333. The highest BCUT2D eigenvalue weighted by atomic mass is 19.1. The molecule has 0 saturated carbocycles. The van der Waals surface area contributed by atoms with Crippen molar-refractivity contribution >= 4 is 38.5 Å². The number of hydrogen-bond acceptors (Lipinski definition) is 2. The minimum absolute atomic E-state index is 0.287. The summed E-state index contributed by atoms with van der Waals surface area (Å²) in [6.07, 6.45) is 1.80. The van der Waals surface area contributed by atoms with Crippen LogP contribution in [0.3, 0.4) is 0 Å². The van der Waals surface area contributed by atoms with E-state index in [-0.39, 0.29) is 11.8 Å². The van der Waals surface area contributed by atoms with Crippen molar-refractivity contribution < 1.29 is 13.9 Å². The van der Waals surface area contributed by atoms with Gasteiger partial charge in [-0.3, -0.25) is 0 Å². The Hall–Kier alpha value is -2.88.